The second-order valence-electron chi connectivity index (χ2n) is 10.6. The molecule has 0 aliphatic heterocycles. The van der Waals surface area contributed by atoms with Crippen molar-refractivity contribution in [2.75, 3.05) is 12.5 Å². The van der Waals surface area contributed by atoms with Crippen LogP contribution >= 0.6 is 0 Å². The minimum atomic E-state index is -4.14. The quantitative estimate of drug-likeness (QED) is 0.185. The molecule has 3 aromatic rings. The Labute approximate surface area is 269 Å². The minimum Gasteiger partial charge on any atom is -0.772 e. The van der Waals surface area contributed by atoms with Crippen molar-refractivity contribution < 1.29 is 34.4 Å². The lowest BCUT2D eigenvalue weighted by atomic mass is 9.90. The van der Waals surface area contributed by atoms with Crippen LogP contribution in [-0.4, -0.2) is 46.9 Å². The summed E-state index contributed by atoms with van der Waals surface area (Å²) in [7, 11) is -8.20. The van der Waals surface area contributed by atoms with Crippen LogP contribution in [0.25, 0.3) is 43.3 Å². The molecule has 46 heavy (non-hydrogen) atoms. The van der Waals surface area contributed by atoms with Gasteiger partial charge in [0.2, 0.25) is 0 Å². The molecule has 0 amide bonds. The molecule has 0 saturated carbocycles. The Morgan fingerprint density at radius 3 is 1.61 bits per heavy atom. The van der Waals surface area contributed by atoms with E-state index in [0.717, 1.165) is 18.6 Å². The third-order valence-corrected chi connectivity index (χ3v) is 11.3. The lowest BCUT2D eigenvalue weighted by molar-refractivity contribution is 0.532. The van der Waals surface area contributed by atoms with Crippen molar-refractivity contribution in [1.29, 1.82) is 10.5 Å². The number of rotatable bonds is 6. The van der Waals surface area contributed by atoms with E-state index in [2.05, 4.69) is 9.69 Å². The first-order chi connectivity index (χ1) is 21.5. The normalized spacial score (nSPS) is 15.5. The summed E-state index contributed by atoms with van der Waals surface area (Å²) < 4.78 is 97.8. The van der Waals surface area contributed by atoms with Crippen molar-refractivity contribution in [2.24, 2.45) is 0 Å². The predicted molar refractivity (Wildman–Crippen MR) is 165 cm³/mol. The summed E-state index contributed by atoms with van der Waals surface area (Å²) in [5.41, 5.74) is 2.02. The van der Waals surface area contributed by atoms with Gasteiger partial charge in [0.05, 0.1) is 35.1 Å². The molecule has 2 aliphatic rings. The maximum atomic E-state index is 12.8. The van der Waals surface area contributed by atoms with Gasteiger partial charge < -0.3 is 9.11 Å². The Morgan fingerprint density at radius 2 is 1.17 bits per heavy atom. The highest BCUT2D eigenvalue weighted by Crippen LogP contribution is 2.43. The van der Waals surface area contributed by atoms with Gasteiger partial charge in [0.1, 0.15) is 0 Å². The Morgan fingerprint density at radius 1 is 0.761 bits per heavy atom. The molecule has 0 saturated heterocycles. The average molecular weight is 691 g/mol. The van der Waals surface area contributed by atoms with Crippen LogP contribution in [0, 0.1) is 35.8 Å². The van der Waals surface area contributed by atoms with Gasteiger partial charge in [0.25, 0.3) is 11.4 Å². The van der Waals surface area contributed by atoms with Crippen molar-refractivity contribution in [3.8, 4) is 34.4 Å². The van der Waals surface area contributed by atoms with Crippen LogP contribution in [0.1, 0.15) is 33.4 Å². The van der Waals surface area contributed by atoms with Crippen LogP contribution in [0.3, 0.4) is 0 Å². The fraction of sp³-hybridized carbons (Fsp3) is 0.200. The SMILES string of the molecule is [C-]#[N+]/C(C#N)=c1\c2c(/c(=C(/C#N)[N+]#[C-])c3c1Cc1cc(S(C)(=O)=O)c(S(C)(=O)=O)cc1-3)-c1cc(CS(=O)[O-])c(CS(=O)[O-])cc1C2. The number of fused-ring (bicyclic) bond motifs is 6. The lowest BCUT2D eigenvalue weighted by Crippen LogP contribution is -2.25. The average Bonchev–Trinajstić information content (AvgIpc) is 3.50. The standard InChI is InChI=1S/C30H20N4O8S4/c1-33-23(11-31)27-21-6-15-5-17(13-43(35)36)18(14-44(37)38)8-19(15)28(21)30(24(12-32)34-2)29-20-10-26(46(4,41)42)25(45(3,39)40)9-16(20)7-22(27)29/h5,8-10H,6-7,13-14H2,3-4H3,(H,35,36)(H,37,38)/p-2/b27-23+,30-24+. The summed E-state index contributed by atoms with van der Waals surface area (Å²) >= 11 is -5.21. The molecule has 16 heteroatoms. The first kappa shape index (κ1) is 32.9. The van der Waals surface area contributed by atoms with Gasteiger partial charge in [0.15, 0.2) is 19.7 Å². The monoisotopic (exact) mass is 690 g/mol. The van der Waals surface area contributed by atoms with Crippen molar-refractivity contribution in [3.63, 3.8) is 0 Å². The highest BCUT2D eigenvalue weighted by atomic mass is 32.2. The van der Waals surface area contributed by atoms with E-state index in [4.69, 9.17) is 13.1 Å². The van der Waals surface area contributed by atoms with E-state index in [-0.39, 0.29) is 56.8 Å². The van der Waals surface area contributed by atoms with Gasteiger partial charge in [-0.3, -0.25) is 8.42 Å². The zero-order valence-corrected chi connectivity index (χ0v) is 27.1. The number of hydrogen-bond donors (Lipinski definition) is 0. The Bertz CT molecular complexity index is 2500. The van der Waals surface area contributed by atoms with E-state index >= 15 is 0 Å². The van der Waals surface area contributed by atoms with E-state index in [0.29, 0.717) is 27.8 Å². The molecular formula is C30H18N4O8S4-2. The second kappa shape index (κ2) is 11.7. The fourth-order valence-corrected chi connectivity index (χ4v) is 9.68. The van der Waals surface area contributed by atoms with E-state index in [1.54, 1.807) is 0 Å². The molecule has 0 aromatic heterocycles. The maximum absolute atomic E-state index is 12.8. The second-order valence-corrected chi connectivity index (χ2v) is 16.4. The summed E-state index contributed by atoms with van der Waals surface area (Å²) in [6.07, 6.45) is 1.65. The van der Waals surface area contributed by atoms with E-state index in [1.807, 2.05) is 12.1 Å². The number of nitriles is 2. The van der Waals surface area contributed by atoms with Crippen LogP contribution in [-0.2, 0) is 66.2 Å². The molecule has 3 aromatic carbocycles. The van der Waals surface area contributed by atoms with E-state index in [9.17, 15) is 44.9 Å². The first-order valence-corrected chi connectivity index (χ1v) is 19.2. The molecule has 5 rings (SSSR count). The molecule has 0 fully saturated rings. The first-order valence-electron chi connectivity index (χ1n) is 12.9. The molecule has 12 nitrogen and oxygen atoms in total. The molecule has 232 valence electrons. The zero-order chi connectivity index (χ0) is 33.9. The van der Waals surface area contributed by atoms with Crippen LogP contribution in [0.2, 0.25) is 0 Å². The van der Waals surface area contributed by atoms with Gasteiger partial charge in [-0.1, -0.05) is 28.2 Å². The van der Waals surface area contributed by atoms with Gasteiger partial charge in [-0.25, -0.2) is 37.0 Å². The van der Waals surface area contributed by atoms with E-state index < -0.39 is 68.8 Å². The maximum Gasteiger partial charge on any atom is 0.270 e. The van der Waals surface area contributed by atoms with Crippen molar-refractivity contribution >= 4 is 53.2 Å². The summed E-state index contributed by atoms with van der Waals surface area (Å²) in [5.74, 6) is -1.04. The minimum absolute atomic E-state index is 0.0243. The number of sulfone groups is 2. The number of benzene rings is 3. The summed E-state index contributed by atoms with van der Waals surface area (Å²) in [6.45, 7) is 15.6. The smallest absolute Gasteiger partial charge is 0.270 e. The van der Waals surface area contributed by atoms with Gasteiger partial charge >= 0.3 is 0 Å². The fourth-order valence-electron chi connectivity index (χ4n) is 6.19. The third-order valence-electron chi connectivity index (χ3n) is 7.83. The number of nitrogens with zero attached hydrogens (tertiary/aromatic N) is 4. The van der Waals surface area contributed by atoms with Gasteiger partial charge in [0, 0.05) is 29.2 Å². The Balaban J connectivity index is 2.08. The highest BCUT2D eigenvalue weighted by molar-refractivity contribution is 7.93. The van der Waals surface area contributed by atoms with Gasteiger partial charge in [-0.2, -0.15) is 0 Å². The third kappa shape index (κ3) is 5.46. The van der Waals surface area contributed by atoms with Crippen LogP contribution in [0.15, 0.2) is 34.1 Å². The summed E-state index contributed by atoms with van der Waals surface area (Å²) in [4.78, 5) is 5.88. The molecule has 0 heterocycles. The van der Waals surface area contributed by atoms with Crippen molar-refractivity contribution in [1.82, 2.24) is 0 Å². The van der Waals surface area contributed by atoms with Crippen LogP contribution in [0.4, 0.5) is 0 Å². The van der Waals surface area contributed by atoms with E-state index in [1.165, 1.54) is 18.2 Å². The molecule has 0 bridgehead atoms. The Kier molecular flexibility index (Phi) is 8.35. The molecule has 2 unspecified atom stereocenters. The Hall–Kier alpha value is -4.52. The summed E-state index contributed by atoms with van der Waals surface area (Å²) in [5, 5.41) is 20.4. The molecule has 2 aliphatic carbocycles. The highest BCUT2D eigenvalue weighted by Gasteiger charge is 2.34. The molecule has 0 radical (unpaired) electrons. The zero-order valence-electron chi connectivity index (χ0n) is 23.8. The topological polar surface area (TPSA) is 205 Å². The van der Waals surface area contributed by atoms with Crippen molar-refractivity contribution in [2.45, 2.75) is 34.1 Å². The summed E-state index contributed by atoms with van der Waals surface area (Å²) in [6, 6.07) is 9.07. The predicted octanol–water partition coefficient (Wildman–Crippen LogP) is 1.50. The number of hydrogen-bond acceptors (Lipinski definition) is 10. The molecule has 0 N–H and O–H groups in total. The van der Waals surface area contributed by atoms with Crippen LogP contribution < -0.4 is 10.4 Å². The van der Waals surface area contributed by atoms with Crippen LogP contribution in [0.5, 0.6) is 0 Å². The lowest BCUT2D eigenvalue weighted by Gasteiger charge is -2.17. The largest absolute Gasteiger partial charge is 0.772 e. The van der Waals surface area contributed by atoms with Crippen molar-refractivity contribution in [3.05, 3.63) is 90.9 Å². The molecule has 0 spiro atoms. The van der Waals surface area contributed by atoms with Gasteiger partial charge in [-0.15, -0.1) is 0 Å². The van der Waals surface area contributed by atoms with Gasteiger partial charge in [-0.05, 0) is 91.9 Å². The molecular weight excluding hydrogens is 673 g/mol. The molecule has 2 atom stereocenters.